The maximum Gasteiger partial charge on any atom is 0.250 e. The molecule has 0 aliphatic heterocycles. The lowest BCUT2D eigenvalue weighted by molar-refractivity contribution is 0.219. The molecule has 0 bridgehead atoms. The molecule has 0 saturated heterocycles. The van der Waals surface area contributed by atoms with Crippen molar-refractivity contribution in [1.82, 2.24) is 18.8 Å². The molecule has 4 aromatic rings. The third kappa shape index (κ3) is 6.82. The number of fused-ring (bicyclic) bond motifs is 1. The van der Waals surface area contributed by atoms with Crippen molar-refractivity contribution < 1.29 is 13.2 Å². The Hall–Kier alpha value is -3.53. The Bertz CT molecular complexity index is 1470. The highest BCUT2D eigenvalue weighted by atomic mass is 32.2. The van der Waals surface area contributed by atoms with Gasteiger partial charge in [0.15, 0.2) is 0 Å². The minimum atomic E-state index is -3.54. The van der Waals surface area contributed by atoms with Gasteiger partial charge >= 0.3 is 0 Å². The average molecular weight is 521 g/mol. The van der Waals surface area contributed by atoms with Gasteiger partial charge in [0.2, 0.25) is 10.0 Å². The van der Waals surface area contributed by atoms with E-state index >= 15 is 0 Å². The SMILES string of the molecule is CN(CCN(CCCOc1ccc2c(ccc(=O)n2C)c1)Cc1ccncc1)S(=O)(=O)c1ccccc1. The lowest BCUT2D eigenvalue weighted by Gasteiger charge is -2.25. The van der Waals surface area contributed by atoms with Crippen molar-refractivity contribution in [3.05, 3.63) is 101 Å². The van der Waals surface area contributed by atoms with Gasteiger partial charge in [-0.15, -0.1) is 0 Å². The van der Waals surface area contributed by atoms with Crippen LogP contribution in [0.5, 0.6) is 5.75 Å². The Balaban J connectivity index is 1.36. The van der Waals surface area contributed by atoms with Crippen LogP contribution in [0.25, 0.3) is 10.9 Å². The molecule has 9 heteroatoms. The highest BCUT2D eigenvalue weighted by Crippen LogP contribution is 2.20. The molecule has 2 heterocycles. The van der Waals surface area contributed by atoms with Gasteiger partial charge in [-0.3, -0.25) is 14.7 Å². The van der Waals surface area contributed by atoms with E-state index in [4.69, 9.17) is 4.74 Å². The first kappa shape index (κ1) is 26.5. The minimum Gasteiger partial charge on any atom is -0.494 e. The standard InChI is InChI=1S/C28H32N4O4S/c1-30(37(34,35)26-7-4-3-5-8-26)18-19-32(22-23-13-15-29-16-14-23)17-6-20-36-25-10-11-27-24(21-25)9-12-28(33)31(27)2/h3-5,7-16,21H,6,17-20,22H2,1-2H3. The van der Waals surface area contributed by atoms with Crippen LogP contribution in [0.2, 0.25) is 0 Å². The highest BCUT2D eigenvalue weighted by Gasteiger charge is 2.21. The minimum absolute atomic E-state index is 0.0438. The molecular weight excluding hydrogens is 488 g/mol. The largest absolute Gasteiger partial charge is 0.494 e. The van der Waals surface area contributed by atoms with Gasteiger partial charge in [0.05, 0.1) is 17.0 Å². The quantitative estimate of drug-likeness (QED) is 0.266. The Kier molecular flexibility index (Phi) is 8.70. The fraction of sp³-hybridized carbons (Fsp3) is 0.286. The highest BCUT2D eigenvalue weighted by molar-refractivity contribution is 7.89. The number of ether oxygens (including phenoxy) is 1. The predicted molar refractivity (Wildman–Crippen MR) is 145 cm³/mol. The molecule has 0 fully saturated rings. The van der Waals surface area contributed by atoms with Crippen LogP contribution in [0.3, 0.4) is 0 Å². The van der Waals surface area contributed by atoms with Gasteiger partial charge in [0, 0.05) is 64.1 Å². The first-order chi connectivity index (χ1) is 17.8. The summed E-state index contributed by atoms with van der Waals surface area (Å²) < 4.78 is 34.8. The summed E-state index contributed by atoms with van der Waals surface area (Å²) in [5.74, 6) is 0.750. The lowest BCUT2D eigenvalue weighted by Crippen LogP contribution is -2.37. The summed E-state index contributed by atoms with van der Waals surface area (Å²) in [5.41, 5.74) is 1.93. The summed E-state index contributed by atoms with van der Waals surface area (Å²) in [5, 5.41) is 0.946. The van der Waals surface area contributed by atoms with Crippen LogP contribution < -0.4 is 10.3 Å². The fourth-order valence-corrected chi connectivity index (χ4v) is 5.31. The van der Waals surface area contributed by atoms with Crippen LogP contribution in [0.15, 0.2) is 94.9 Å². The number of nitrogens with zero attached hydrogens (tertiary/aromatic N) is 4. The van der Waals surface area contributed by atoms with Crippen LogP contribution in [0, 0.1) is 0 Å². The topological polar surface area (TPSA) is 84.7 Å². The number of likely N-dealkylation sites (N-methyl/N-ethyl adjacent to an activating group) is 1. The van der Waals surface area contributed by atoms with Crippen LogP contribution in [-0.2, 0) is 23.6 Å². The molecule has 8 nitrogen and oxygen atoms in total. The molecule has 37 heavy (non-hydrogen) atoms. The van der Waals surface area contributed by atoms with Gasteiger partial charge in [0.1, 0.15) is 5.75 Å². The molecule has 0 unspecified atom stereocenters. The summed E-state index contributed by atoms with van der Waals surface area (Å²) in [6, 6.07) is 21.5. The molecule has 0 radical (unpaired) electrons. The zero-order valence-electron chi connectivity index (χ0n) is 21.2. The first-order valence-electron chi connectivity index (χ1n) is 12.2. The molecule has 0 aliphatic carbocycles. The van der Waals surface area contributed by atoms with E-state index in [-0.39, 0.29) is 5.56 Å². The van der Waals surface area contributed by atoms with E-state index in [0.29, 0.717) is 31.1 Å². The van der Waals surface area contributed by atoms with Gasteiger partial charge in [-0.25, -0.2) is 8.42 Å². The van der Waals surface area contributed by atoms with E-state index in [1.165, 1.54) is 4.31 Å². The number of rotatable bonds is 12. The molecule has 0 N–H and O–H groups in total. The maximum absolute atomic E-state index is 12.9. The van der Waals surface area contributed by atoms with Crippen molar-refractivity contribution >= 4 is 20.9 Å². The number of benzene rings is 2. The number of sulfonamides is 1. The van der Waals surface area contributed by atoms with Crippen molar-refractivity contribution in [2.75, 3.05) is 33.3 Å². The Morgan fingerprint density at radius 1 is 0.919 bits per heavy atom. The van der Waals surface area contributed by atoms with E-state index in [9.17, 15) is 13.2 Å². The van der Waals surface area contributed by atoms with Gasteiger partial charge < -0.3 is 9.30 Å². The molecule has 0 amide bonds. The number of aromatic nitrogens is 2. The molecule has 0 atom stereocenters. The fourth-order valence-electron chi connectivity index (χ4n) is 4.12. The van der Waals surface area contributed by atoms with Crippen molar-refractivity contribution in [3.8, 4) is 5.75 Å². The van der Waals surface area contributed by atoms with Crippen LogP contribution in [0.1, 0.15) is 12.0 Å². The van der Waals surface area contributed by atoms with E-state index in [1.54, 1.807) is 73.5 Å². The van der Waals surface area contributed by atoms with E-state index in [0.717, 1.165) is 35.2 Å². The Labute approximate surface area is 217 Å². The molecule has 194 valence electrons. The molecule has 0 saturated carbocycles. The number of hydrogen-bond donors (Lipinski definition) is 0. The van der Waals surface area contributed by atoms with E-state index < -0.39 is 10.0 Å². The van der Waals surface area contributed by atoms with Crippen molar-refractivity contribution in [2.24, 2.45) is 7.05 Å². The van der Waals surface area contributed by atoms with Crippen molar-refractivity contribution in [1.29, 1.82) is 0 Å². The average Bonchev–Trinajstić information content (AvgIpc) is 2.92. The second kappa shape index (κ2) is 12.1. The second-order valence-electron chi connectivity index (χ2n) is 8.92. The van der Waals surface area contributed by atoms with Crippen LogP contribution in [-0.4, -0.2) is 60.5 Å². The molecular formula is C28H32N4O4S. The summed E-state index contributed by atoms with van der Waals surface area (Å²) >= 11 is 0. The molecule has 0 aliphatic rings. The van der Waals surface area contributed by atoms with Crippen LogP contribution in [0.4, 0.5) is 0 Å². The third-order valence-electron chi connectivity index (χ3n) is 6.32. The second-order valence-corrected chi connectivity index (χ2v) is 11.0. The molecule has 4 rings (SSSR count). The number of pyridine rings is 2. The lowest BCUT2D eigenvalue weighted by atomic mass is 10.2. The van der Waals surface area contributed by atoms with Gasteiger partial charge in [0.25, 0.3) is 5.56 Å². The molecule has 2 aromatic heterocycles. The summed E-state index contributed by atoms with van der Waals surface area (Å²) in [4.78, 5) is 18.4. The monoisotopic (exact) mass is 520 g/mol. The Morgan fingerprint density at radius 3 is 2.43 bits per heavy atom. The zero-order valence-corrected chi connectivity index (χ0v) is 22.0. The van der Waals surface area contributed by atoms with Gasteiger partial charge in [-0.05, 0) is 60.5 Å². The van der Waals surface area contributed by atoms with Gasteiger partial charge in [-0.1, -0.05) is 18.2 Å². The first-order valence-corrected chi connectivity index (χ1v) is 13.6. The molecule has 2 aromatic carbocycles. The zero-order chi connectivity index (χ0) is 26.3. The third-order valence-corrected chi connectivity index (χ3v) is 8.19. The maximum atomic E-state index is 12.9. The van der Waals surface area contributed by atoms with E-state index in [1.807, 2.05) is 30.3 Å². The van der Waals surface area contributed by atoms with Gasteiger partial charge in [-0.2, -0.15) is 4.31 Å². The van der Waals surface area contributed by atoms with Crippen molar-refractivity contribution in [3.63, 3.8) is 0 Å². The smallest absolute Gasteiger partial charge is 0.250 e. The predicted octanol–water partition coefficient (Wildman–Crippen LogP) is 3.53. The summed E-state index contributed by atoms with van der Waals surface area (Å²) in [6.07, 6.45) is 4.29. The van der Waals surface area contributed by atoms with E-state index in [2.05, 4.69) is 9.88 Å². The summed E-state index contributed by atoms with van der Waals surface area (Å²) in [7, 11) is -0.170. The number of hydrogen-bond acceptors (Lipinski definition) is 6. The number of aryl methyl sites for hydroxylation is 1. The molecule has 0 spiro atoms. The Morgan fingerprint density at radius 2 is 1.68 bits per heavy atom. The normalized spacial score (nSPS) is 11.9. The van der Waals surface area contributed by atoms with Crippen LogP contribution >= 0.6 is 0 Å². The van der Waals surface area contributed by atoms with Crippen molar-refractivity contribution in [2.45, 2.75) is 17.9 Å². The summed E-state index contributed by atoms with van der Waals surface area (Å²) in [6.45, 7) is 2.89.